The van der Waals surface area contributed by atoms with Gasteiger partial charge in [-0.1, -0.05) is 48.5 Å². The van der Waals surface area contributed by atoms with Crippen LogP contribution in [-0.2, 0) is 4.79 Å². The van der Waals surface area contributed by atoms with Crippen LogP contribution < -0.4 is 5.01 Å². The molecule has 0 fully saturated rings. The van der Waals surface area contributed by atoms with E-state index in [4.69, 9.17) is 0 Å². The maximum atomic E-state index is 11.6. The second kappa shape index (κ2) is 5.77. The number of rotatable bonds is 3. The maximum Gasteiger partial charge on any atom is 0.244 e. The standard InChI is InChI=1S/C15H14N2O/c1-13(18)17(15-10-6-3-7-11-15)16-12-14-8-4-2-5-9-14/h2-12H,1H3/b16-12-. The lowest BCUT2D eigenvalue weighted by Crippen LogP contribution is -2.22. The number of para-hydroxylation sites is 1. The molecule has 0 unspecified atom stereocenters. The first-order valence-electron chi connectivity index (χ1n) is 5.72. The highest BCUT2D eigenvalue weighted by Gasteiger charge is 2.08. The molecule has 18 heavy (non-hydrogen) atoms. The SMILES string of the molecule is CC(=O)N(/N=C\c1ccccc1)c1ccccc1. The Kier molecular flexibility index (Phi) is 3.86. The van der Waals surface area contributed by atoms with Gasteiger partial charge in [-0.2, -0.15) is 5.10 Å². The van der Waals surface area contributed by atoms with Gasteiger partial charge in [-0.3, -0.25) is 4.79 Å². The number of nitrogens with zero attached hydrogens (tertiary/aromatic N) is 2. The minimum absolute atomic E-state index is 0.117. The highest BCUT2D eigenvalue weighted by Crippen LogP contribution is 2.13. The average molecular weight is 238 g/mol. The molecule has 3 nitrogen and oxygen atoms in total. The van der Waals surface area contributed by atoms with Gasteiger partial charge in [-0.05, 0) is 17.7 Å². The quantitative estimate of drug-likeness (QED) is 0.597. The van der Waals surface area contributed by atoms with Gasteiger partial charge in [0.15, 0.2) is 0 Å². The number of hydrogen-bond donors (Lipinski definition) is 0. The summed E-state index contributed by atoms with van der Waals surface area (Å²) < 4.78 is 0. The van der Waals surface area contributed by atoms with Crippen molar-refractivity contribution in [2.45, 2.75) is 6.92 Å². The van der Waals surface area contributed by atoms with Crippen LogP contribution in [0.25, 0.3) is 0 Å². The van der Waals surface area contributed by atoms with Gasteiger partial charge in [0.1, 0.15) is 0 Å². The number of benzene rings is 2. The molecule has 0 saturated carbocycles. The summed E-state index contributed by atoms with van der Waals surface area (Å²) in [7, 11) is 0. The Hall–Kier alpha value is -2.42. The van der Waals surface area contributed by atoms with E-state index in [1.54, 1.807) is 6.21 Å². The van der Waals surface area contributed by atoms with Crippen molar-refractivity contribution in [1.29, 1.82) is 0 Å². The van der Waals surface area contributed by atoms with Crippen LogP contribution in [0.5, 0.6) is 0 Å². The van der Waals surface area contributed by atoms with Crippen molar-refractivity contribution in [1.82, 2.24) is 0 Å². The number of anilines is 1. The van der Waals surface area contributed by atoms with Crippen LogP contribution in [0.1, 0.15) is 12.5 Å². The summed E-state index contributed by atoms with van der Waals surface area (Å²) in [6.45, 7) is 1.50. The van der Waals surface area contributed by atoms with E-state index in [1.807, 2.05) is 60.7 Å². The molecule has 0 N–H and O–H groups in total. The molecule has 0 atom stereocenters. The molecule has 2 aromatic rings. The minimum Gasteiger partial charge on any atom is -0.273 e. The zero-order valence-electron chi connectivity index (χ0n) is 10.2. The Bertz CT molecular complexity index is 535. The smallest absolute Gasteiger partial charge is 0.244 e. The summed E-state index contributed by atoms with van der Waals surface area (Å²) in [6.07, 6.45) is 1.67. The predicted molar refractivity (Wildman–Crippen MR) is 73.6 cm³/mol. The first-order valence-corrected chi connectivity index (χ1v) is 5.72. The van der Waals surface area contributed by atoms with Gasteiger partial charge in [0.2, 0.25) is 5.91 Å². The fraction of sp³-hybridized carbons (Fsp3) is 0.0667. The van der Waals surface area contributed by atoms with E-state index < -0.39 is 0 Å². The van der Waals surface area contributed by atoms with E-state index in [0.29, 0.717) is 0 Å². The molecule has 0 aromatic heterocycles. The van der Waals surface area contributed by atoms with Crippen molar-refractivity contribution in [2.75, 3.05) is 5.01 Å². The van der Waals surface area contributed by atoms with Crippen LogP contribution in [0, 0.1) is 0 Å². The van der Waals surface area contributed by atoms with Crippen molar-refractivity contribution in [3.63, 3.8) is 0 Å². The van der Waals surface area contributed by atoms with Crippen LogP contribution >= 0.6 is 0 Å². The fourth-order valence-corrected chi connectivity index (χ4v) is 1.56. The Morgan fingerprint density at radius 3 is 2.11 bits per heavy atom. The lowest BCUT2D eigenvalue weighted by molar-refractivity contribution is -0.116. The number of carbonyl (C=O) groups is 1. The van der Waals surface area contributed by atoms with Crippen molar-refractivity contribution in [2.24, 2.45) is 5.10 Å². The van der Waals surface area contributed by atoms with Gasteiger partial charge in [0.25, 0.3) is 0 Å². The Morgan fingerprint density at radius 1 is 1.00 bits per heavy atom. The second-order valence-electron chi connectivity index (χ2n) is 3.82. The molecule has 1 amide bonds. The number of hydrogen-bond acceptors (Lipinski definition) is 2. The molecule has 0 spiro atoms. The lowest BCUT2D eigenvalue weighted by Gasteiger charge is -2.14. The maximum absolute atomic E-state index is 11.6. The molecule has 0 saturated heterocycles. The third kappa shape index (κ3) is 3.04. The molecule has 2 aromatic carbocycles. The van der Waals surface area contributed by atoms with E-state index in [-0.39, 0.29) is 5.91 Å². The van der Waals surface area contributed by atoms with Crippen LogP contribution in [0.4, 0.5) is 5.69 Å². The highest BCUT2D eigenvalue weighted by atomic mass is 16.2. The molecular weight excluding hydrogens is 224 g/mol. The third-order valence-electron chi connectivity index (χ3n) is 2.42. The number of hydrazone groups is 1. The molecule has 90 valence electrons. The molecule has 0 aliphatic carbocycles. The zero-order valence-corrected chi connectivity index (χ0v) is 10.2. The third-order valence-corrected chi connectivity index (χ3v) is 2.42. The summed E-state index contributed by atoms with van der Waals surface area (Å²) >= 11 is 0. The Labute approximate surface area is 106 Å². The van der Waals surface area contributed by atoms with E-state index in [1.165, 1.54) is 11.9 Å². The van der Waals surface area contributed by atoms with Crippen molar-refractivity contribution >= 4 is 17.8 Å². The molecule has 0 radical (unpaired) electrons. The largest absolute Gasteiger partial charge is 0.273 e. The lowest BCUT2D eigenvalue weighted by atomic mass is 10.2. The topological polar surface area (TPSA) is 32.7 Å². The summed E-state index contributed by atoms with van der Waals surface area (Å²) in [5.41, 5.74) is 1.72. The Balaban J connectivity index is 2.23. The van der Waals surface area contributed by atoms with Gasteiger partial charge >= 0.3 is 0 Å². The summed E-state index contributed by atoms with van der Waals surface area (Å²) in [4.78, 5) is 11.6. The molecule has 3 heteroatoms. The molecule has 2 rings (SSSR count). The summed E-state index contributed by atoms with van der Waals surface area (Å²) in [6, 6.07) is 19.0. The highest BCUT2D eigenvalue weighted by molar-refractivity contribution is 5.93. The molecule has 0 aliphatic rings. The molecule has 0 bridgehead atoms. The van der Waals surface area contributed by atoms with E-state index in [2.05, 4.69) is 5.10 Å². The summed E-state index contributed by atoms with van der Waals surface area (Å²) in [5.74, 6) is -0.117. The van der Waals surface area contributed by atoms with Crippen molar-refractivity contribution in [3.05, 3.63) is 66.2 Å². The van der Waals surface area contributed by atoms with E-state index >= 15 is 0 Å². The van der Waals surface area contributed by atoms with Crippen LogP contribution in [-0.4, -0.2) is 12.1 Å². The van der Waals surface area contributed by atoms with E-state index in [0.717, 1.165) is 11.3 Å². The second-order valence-corrected chi connectivity index (χ2v) is 3.82. The average Bonchev–Trinajstić information content (AvgIpc) is 2.41. The van der Waals surface area contributed by atoms with Gasteiger partial charge in [0.05, 0.1) is 11.9 Å². The van der Waals surface area contributed by atoms with Gasteiger partial charge < -0.3 is 0 Å². The normalized spacial score (nSPS) is 10.5. The monoisotopic (exact) mass is 238 g/mol. The van der Waals surface area contributed by atoms with Crippen molar-refractivity contribution < 1.29 is 4.79 Å². The predicted octanol–water partition coefficient (Wildman–Crippen LogP) is 3.07. The van der Waals surface area contributed by atoms with Gasteiger partial charge in [-0.25, -0.2) is 5.01 Å². The molecular formula is C15H14N2O. The molecule has 0 heterocycles. The van der Waals surface area contributed by atoms with Crippen LogP contribution in [0.3, 0.4) is 0 Å². The fourth-order valence-electron chi connectivity index (χ4n) is 1.56. The number of amides is 1. The first kappa shape index (κ1) is 12.0. The summed E-state index contributed by atoms with van der Waals surface area (Å²) in [5, 5.41) is 5.60. The Morgan fingerprint density at radius 2 is 1.56 bits per heavy atom. The van der Waals surface area contributed by atoms with Crippen LogP contribution in [0.15, 0.2) is 65.8 Å². The molecule has 0 aliphatic heterocycles. The van der Waals surface area contributed by atoms with Crippen molar-refractivity contribution in [3.8, 4) is 0 Å². The minimum atomic E-state index is -0.117. The first-order chi connectivity index (χ1) is 8.77. The van der Waals surface area contributed by atoms with Crippen LogP contribution in [0.2, 0.25) is 0 Å². The van der Waals surface area contributed by atoms with E-state index in [9.17, 15) is 4.79 Å². The van der Waals surface area contributed by atoms with Gasteiger partial charge in [-0.15, -0.1) is 0 Å². The van der Waals surface area contributed by atoms with Gasteiger partial charge in [0, 0.05) is 6.92 Å². The zero-order chi connectivity index (χ0) is 12.8. The number of carbonyl (C=O) groups excluding carboxylic acids is 1.